The summed E-state index contributed by atoms with van der Waals surface area (Å²) in [5.41, 5.74) is 0.443. The summed E-state index contributed by atoms with van der Waals surface area (Å²) >= 11 is 1.03. The van der Waals surface area contributed by atoms with Crippen LogP contribution in [0.15, 0.2) is 48.8 Å². The van der Waals surface area contributed by atoms with E-state index in [0.717, 1.165) is 11.3 Å². The van der Waals surface area contributed by atoms with Crippen molar-refractivity contribution in [3.63, 3.8) is 0 Å². The number of benzene rings is 1. The fourth-order valence-corrected chi connectivity index (χ4v) is 3.85. The lowest BCUT2D eigenvalue weighted by molar-refractivity contribution is -0.382. The normalized spacial score (nSPS) is 11.2. The molecule has 0 unspecified atom stereocenters. The number of ether oxygens (including phenoxy) is 1. The van der Waals surface area contributed by atoms with E-state index in [1.54, 1.807) is 32.9 Å². The number of hydrogen-bond acceptors (Lipinski definition) is 6. The van der Waals surface area contributed by atoms with Gasteiger partial charge in [-0.05, 0) is 56.2 Å². The predicted octanol–water partition coefficient (Wildman–Crippen LogP) is 5.87. The van der Waals surface area contributed by atoms with Crippen LogP contribution in [-0.2, 0) is 4.74 Å². The molecule has 1 aromatic carbocycles. The number of halogens is 1. The Morgan fingerprint density at radius 3 is 2.31 bits per heavy atom. The maximum Gasteiger partial charge on any atom is 0.412 e. The molecule has 0 aliphatic heterocycles. The van der Waals surface area contributed by atoms with Crippen molar-refractivity contribution < 1.29 is 18.8 Å². The zero-order valence-electron chi connectivity index (χ0n) is 15.9. The third kappa shape index (κ3) is 4.75. The van der Waals surface area contributed by atoms with Gasteiger partial charge in [0.05, 0.1) is 15.4 Å². The molecule has 0 bridgehead atoms. The van der Waals surface area contributed by atoms with Gasteiger partial charge in [-0.3, -0.25) is 20.4 Å². The minimum absolute atomic E-state index is 0.0374. The molecule has 0 spiro atoms. The Morgan fingerprint density at radius 2 is 1.76 bits per heavy atom. The molecule has 3 aromatic rings. The third-order valence-corrected chi connectivity index (χ3v) is 4.90. The number of aromatic nitrogens is 1. The number of anilines is 1. The minimum atomic E-state index is -0.797. The molecule has 0 aliphatic rings. The average Bonchev–Trinajstić information content (AvgIpc) is 3.00. The Bertz CT molecular complexity index is 1040. The summed E-state index contributed by atoms with van der Waals surface area (Å²) in [7, 11) is 0. The van der Waals surface area contributed by atoms with Crippen LogP contribution in [0, 0.1) is 15.9 Å². The summed E-state index contributed by atoms with van der Waals surface area (Å²) in [6.07, 6.45) is 2.24. The van der Waals surface area contributed by atoms with E-state index in [1.165, 1.54) is 36.7 Å². The molecule has 0 fully saturated rings. The second kappa shape index (κ2) is 7.96. The Morgan fingerprint density at radius 1 is 1.14 bits per heavy atom. The van der Waals surface area contributed by atoms with Crippen LogP contribution in [0.25, 0.3) is 21.6 Å². The van der Waals surface area contributed by atoms with Gasteiger partial charge in [0.1, 0.15) is 11.4 Å². The van der Waals surface area contributed by atoms with Crippen molar-refractivity contribution in [2.75, 3.05) is 5.32 Å². The molecule has 0 atom stereocenters. The van der Waals surface area contributed by atoms with Crippen molar-refractivity contribution in [3.8, 4) is 21.6 Å². The van der Waals surface area contributed by atoms with Gasteiger partial charge in [-0.15, -0.1) is 11.3 Å². The quantitative estimate of drug-likeness (QED) is 0.425. The second-order valence-corrected chi connectivity index (χ2v) is 8.13. The first-order chi connectivity index (χ1) is 13.7. The summed E-state index contributed by atoms with van der Waals surface area (Å²) in [6.45, 7) is 5.09. The first kappa shape index (κ1) is 20.4. The number of nitrogens with one attached hydrogen (secondary N) is 1. The largest absolute Gasteiger partial charge is 0.444 e. The topological polar surface area (TPSA) is 94.4 Å². The highest BCUT2D eigenvalue weighted by molar-refractivity contribution is 7.21. The Balaban J connectivity index is 2.18. The van der Waals surface area contributed by atoms with Crippen molar-refractivity contribution in [1.82, 2.24) is 4.98 Å². The third-order valence-electron chi connectivity index (χ3n) is 3.76. The molecule has 9 heteroatoms. The lowest BCUT2D eigenvalue weighted by Crippen LogP contribution is -2.27. The van der Waals surface area contributed by atoms with Gasteiger partial charge in [-0.25, -0.2) is 9.18 Å². The standard InChI is InChI=1S/C20H18FN3O4S/c1-20(2,3)28-19(25)23-18-16(24(26)27)15(12-8-10-22-11-9-12)17(29-18)13-4-6-14(21)7-5-13/h4-11H,1-3H3,(H,23,25). The molecule has 0 radical (unpaired) electrons. The van der Waals surface area contributed by atoms with Gasteiger partial charge >= 0.3 is 11.8 Å². The van der Waals surface area contributed by atoms with Crippen LogP contribution in [-0.4, -0.2) is 21.6 Å². The van der Waals surface area contributed by atoms with E-state index in [0.29, 0.717) is 21.6 Å². The number of thiophene rings is 1. The molecule has 7 nitrogen and oxygen atoms in total. The molecule has 0 saturated carbocycles. The minimum Gasteiger partial charge on any atom is -0.444 e. The highest BCUT2D eigenvalue weighted by Gasteiger charge is 2.31. The first-order valence-corrected chi connectivity index (χ1v) is 9.45. The van der Waals surface area contributed by atoms with Gasteiger partial charge in [0, 0.05) is 12.4 Å². The maximum absolute atomic E-state index is 13.4. The van der Waals surface area contributed by atoms with Crippen LogP contribution in [0.2, 0.25) is 0 Å². The van der Waals surface area contributed by atoms with Crippen LogP contribution in [0.4, 0.5) is 19.9 Å². The molecule has 2 aromatic heterocycles. The van der Waals surface area contributed by atoms with Gasteiger partial charge in [0.2, 0.25) is 0 Å². The zero-order valence-corrected chi connectivity index (χ0v) is 16.7. The molecule has 1 N–H and O–H groups in total. The number of pyridine rings is 1. The van der Waals surface area contributed by atoms with Gasteiger partial charge in [0.25, 0.3) is 0 Å². The number of hydrogen-bond donors (Lipinski definition) is 1. The van der Waals surface area contributed by atoms with Crippen LogP contribution in [0.3, 0.4) is 0 Å². The fourth-order valence-electron chi connectivity index (χ4n) is 2.67. The summed E-state index contributed by atoms with van der Waals surface area (Å²) in [4.78, 5) is 28.1. The summed E-state index contributed by atoms with van der Waals surface area (Å²) in [6, 6.07) is 8.90. The summed E-state index contributed by atoms with van der Waals surface area (Å²) in [5, 5.41) is 14.4. The number of carbonyl (C=O) groups is 1. The first-order valence-electron chi connectivity index (χ1n) is 8.63. The average molecular weight is 415 g/mol. The Labute approximate surface area is 170 Å². The number of carbonyl (C=O) groups excluding carboxylic acids is 1. The second-order valence-electron chi connectivity index (χ2n) is 7.11. The monoisotopic (exact) mass is 415 g/mol. The fraction of sp³-hybridized carbons (Fsp3) is 0.200. The van der Waals surface area contributed by atoms with E-state index in [-0.39, 0.29) is 10.7 Å². The molecule has 0 aliphatic carbocycles. The predicted molar refractivity (Wildman–Crippen MR) is 109 cm³/mol. The molecule has 0 saturated heterocycles. The summed E-state index contributed by atoms with van der Waals surface area (Å²) < 4.78 is 18.6. The number of nitrogens with zero attached hydrogens (tertiary/aromatic N) is 2. The molecular weight excluding hydrogens is 397 g/mol. The molecule has 3 rings (SSSR count). The van der Waals surface area contributed by atoms with Gasteiger partial charge in [-0.1, -0.05) is 12.1 Å². The zero-order chi connectivity index (χ0) is 21.2. The van der Waals surface area contributed by atoms with E-state index in [4.69, 9.17) is 4.74 Å². The van der Waals surface area contributed by atoms with Crippen molar-refractivity contribution in [3.05, 3.63) is 64.7 Å². The SMILES string of the molecule is CC(C)(C)OC(=O)Nc1sc(-c2ccc(F)cc2)c(-c2ccncc2)c1[N+](=O)[O-]. The lowest BCUT2D eigenvalue weighted by atomic mass is 10.0. The van der Waals surface area contributed by atoms with Crippen molar-refractivity contribution in [2.24, 2.45) is 0 Å². The summed E-state index contributed by atoms with van der Waals surface area (Å²) in [5.74, 6) is -0.419. The molecule has 150 valence electrons. The van der Waals surface area contributed by atoms with Gasteiger partial charge < -0.3 is 4.74 Å². The molecular formula is C20H18FN3O4S. The van der Waals surface area contributed by atoms with Crippen LogP contribution >= 0.6 is 11.3 Å². The Kier molecular flexibility index (Phi) is 5.60. The van der Waals surface area contributed by atoms with E-state index in [2.05, 4.69) is 10.3 Å². The van der Waals surface area contributed by atoms with Crippen LogP contribution in [0.5, 0.6) is 0 Å². The number of rotatable bonds is 4. The molecule has 29 heavy (non-hydrogen) atoms. The lowest BCUT2D eigenvalue weighted by Gasteiger charge is -2.19. The highest BCUT2D eigenvalue weighted by Crippen LogP contribution is 2.50. The Hall–Kier alpha value is -3.33. The number of amides is 1. The van der Waals surface area contributed by atoms with Crippen molar-refractivity contribution >= 4 is 28.1 Å². The van der Waals surface area contributed by atoms with E-state index < -0.39 is 22.4 Å². The smallest absolute Gasteiger partial charge is 0.412 e. The van der Waals surface area contributed by atoms with E-state index >= 15 is 0 Å². The van der Waals surface area contributed by atoms with Gasteiger partial charge in [-0.2, -0.15) is 0 Å². The van der Waals surface area contributed by atoms with E-state index in [1.807, 2.05) is 0 Å². The maximum atomic E-state index is 13.4. The van der Waals surface area contributed by atoms with Crippen LogP contribution in [0.1, 0.15) is 20.8 Å². The van der Waals surface area contributed by atoms with Crippen LogP contribution < -0.4 is 5.32 Å². The van der Waals surface area contributed by atoms with Crippen molar-refractivity contribution in [1.29, 1.82) is 0 Å². The molecule has 2 heterocycles. The van der Waals surface area contributed by atoms with E-state index in [9.17, 15) is 19.3 Å². The number of nitro groups is 1. The van der Waals surface area contributed by atoms with Crippen molar-refractivity contribution in [2.45, 2.75) is 26.4 Å². The highest BCUT2D eigenvalue weighted by atomic mass is 32.1. The molecule has 1 amide bonds. The van der Waals surface area contributed by atoms with Gasteiger partial charge in [0.15, 0.2) is 5.00 Å².